The Balaban J connectivity index is 1.69. The molecule has 1 aliphatic heterocycles. The first-order valence-electron chi connectivity index (χ1n) is 10.0. The van der Waals surface area contributed by atoms with E-state index in [1.54, 1.807) is 42.3 Å². The molecule has 0 bridgehead atoms. The zero-order valence-corrected chi connectivity index (χ0v) is 19.3. The van der Waals surface area contributed by atoms with Gasteiger partial charge in [-0.15, -0.1) is 0 Å². The fourth-order valence-corrected chi connectivity index (χ4v) is 5.02. The van der Waals surface area contributed by atoms with E-state index in [4.69, 9.17) is 21.1 Å². The van der Waals surface area contributed by atoms with Crippen molar-refractivity contribution in [2.24, 2.45) is 0 Å². The van der Waals surface area contributed by atoms with Crippen LogP contribution in [0.25, 0.3) is 0 Å². The van der Waals surface area contributed by atoms with Crippen molar-refractivity contribution in [3.8, 4) is 5.75 Å². The quantitative estimate of drug-likeness (QED) is 0.597. The molecule has 1 amide bonds. The van der Waals surface area contributed by atoms with E-state index in [0.29, 0.717) is 55.6 Å². The summed E-state index contributed by atoms with van der Waals surface area (Å²) < 4.78 is 38.0. The van der Waals surface area contributed by atoms with E-state index in [0.717, 1.165) is 5.56 Å². The highest BCUT2D eigenvalue weighted by Crippen LogP contribution is 2.26. The number of ether oxygens (including phenoxy) is 2. The topological polar surface area (TPSA) is 76.1 Å². The van der Waals surface area contributed by atoms with E-state index in [1.807, 2.05) is 12.1 Å². The minimum absolute atomic E-state index is 0.0431. The van der Waals surface area contributed by atoms with Gasteiger partial charge >= 0.3 is 0 Å². The van der Waals surface area contributed by atoms with Crippen molar-refractivity contribution in [1.29, 1.82) is 0 Å². The first kappa shape index (κ1) is 23.5. The number of sulfonamides is 1. The first-order chi connectivity index (χ1) is 14.8. The van der Waals surface area contributed by atoms with Crippen LogP contribution in [-0.4, -0.2) is 64.0 Å². The smallest absolute Gasteiger partial charge is 0.243 e. The summed E-state index contributed by atoms with van der Waals surface area (Å²) in [5.41, 5.74) is 1.67. The Morgan fingerprint density at radius 1 is 1.16 bits per heavy atom. The molecule has 1 fully saturated rings. The number of carbonyl (C=O) groups excluding carboxylic acids is 1. The van der Waals surface area contributed by atoms with Crippen LogP contribution in [0, 0.1) is 0 Å². The van der Waals surface area contributed by atoms with Gasteiger partial charge in [0.1, 0.15) is 5.75 Å². The van der Waals surface area contributed by atoms with Gasteiger partial charge in [-0.25, -0.2) is 8.42 Å². The Labute approximate surface area is 188 Å². The summed E-state index contributed by atoms with van der Waals surface area (Å²) in [6.45, 7) is 1.90. The Morgan fingerprint density at radius 3 is 2.48 bits per heavy atom. The van der Waals surface area contributed by atoms with Crippen LogP contribution in [0.5, 0.6) is 5.75 Å². The maximum absolute atomic E-state index is 13.0. The number of nitrogens with zero attached hydrogens (tertiary/aromatic N) is 2. The van der Waals surface area contributed by atoms with Gasteiger partial charge in [0.15, 0.2) is 0 Å². The largest absolute Gasteiger partial charge is 0.496 e. The maximum Gasteiger partial charge on any atom is 0.243 e. The van der Waals surface area contributed by atoms with Gasteiger partial charge in [-0.05, 0) is 47.9 Å². The normalized spacial score (nSPS) is 14.9. The third kappa shape index (κ3) is 5.98. The van der Waals surface area contributed by atoms with Gasteiger partial charge in [0.25, 0.3) is 0 Å². The lowest BCUT2D eigenvalue weighted by Crippen LogP contribution is -2.40. The molecule has 168 valence electrons. The van der Waals surface area contributed by atoms with E-state index < -0.39 is 10.0 Å². The number of aryl methyl sites for hydroxylation is 1. The number of morpholine rings is 1. The highest BCUT2D eigenvalue weighted by molar-refractivity contribution is 7.89. The summed E-state index contributed by atoms with van der Waals surface area (Å²) in [5, 5.41) is 0.650. The molecule has 7 nitrogen and oxygen atoms in total. The lowest BCUT2D eigenvalue weighted by atomic mass is 10.1. The number of methoxy groups -OCH3 is 1. The van der Waals surface area contributed by atoms with E-state index in [1.165, 1.54) is 11.4 Å². The molecular weight excluding hydrogens is 440 g/mol. The van der Waals surface area contributed by atoms with Gasteiger partial charge in [-0.2, -0.15) is 4.31 Å². The lowest BCUT2D eigenvalue weighted by Gasteiger charge is -2.26. The summed E-state index contributed by atoms with van der Waals surface area (Å²) in [6, 6.07) is 12.1. The van der Waals surface area contributed by atoms with E-state index in [2.05, 4.69) is 0 Å². The van der Waals surface area contributed by atoms with E-state index in [9.17, 15) is 13.2 Å². The number of hydrogen-bond acceptors (Lipinski definition) is 5. The number of carbonyl (C=O) groups is 1. The summed E-state index contributed by atoms with van der Waals surface area (Å²) in [4.78, 5) is 14.5. The number of halogens is 1. The van der Waals surface area contributed by atoms with Gasteiger partial charge in [0.2, 0.25) is 15.9 Å². The molecule has 9 heteroatoms. The molecule has 1 heterocycles. The molecule has 2 aromatic carbocycles. The molecule has 0 radical (unpaired) electrons. The molecule has 0 N–H and O–H groups in total. The molecule has 1 aliphatic rings. The minimum atomic E-state index is -3.62. The Morgan fingerprint density at radius 2 is 1.84 bits per heavy atom. The van der Waals surface area contributed by atoms with Crippen LogP contribution < -0.4 is 4.74 Å². The Bertz CT molecular complexity index is 1010. The zero-order valence-electron chi connectivity index (χ0n) is 17.7. The first-order valence-corrected chi connectivity index (χ1v) is 11.9. The second-order valence-electron chi connectivity index (χ2n) is 7.37. The molecule has 0 saturated carbocycles. The fraction of sp³-hybridized carbons (Fsp3) is 0.409. The van der Waals surface area contributed by atoms with E-state index >= 15 is 0 Å². The second-order valence-corrected chi connectivity index (χ2v) is 9.74. The summed E-state index contributed by atoms with van der Waals surface area (Å²) in [6.07, 6.45) is 0.612. The SMILES string of the molecule is COc1ccc(S(=O)(=O)N2CCOCC2)cc1CCC(=O)N(C)Cc1ccc(Cl)cc1. The van der Waals surface area contributed by atoms with Crippen LogP contribution in [0.3, 0.4) is 0 Å². The van der Waals surface area contributed by atoms with Crippen LogP contribution in [0.4, 0.5) is 0 Å². The molecule has 2 aromatic rings. The fourth-order valence-electron chi connectivity index (χ4n) is 3.43. The monoisotopic (exact) mass is 466 g/mol. The molecule has 0 spiro atoms. The van der Waals surface area contributed by atoms with Gasteiger partial charge in [0.05, 0.1) is 25.2 Å². The van der Waals surface area contributed by atoms with Gasteiger partial charge in [-0.3, -0.25) is 4.79 Å². The van der Waals surface area contributed by atoms with Crippen molar-refractivity contribution < 1.29 is 22.7 Å². The zero-order chi connectivity index (χ0) is 22.4. The third-order valence-electron chi connectivity index (χ3n) is 5.23. The standard InChI is InChI=1S/C22H27ClN2O5S/c1-24(16-17-3-6-19(23)7-4-17)22(26)10-5-18-15-20(8-9-21(18)29-2)31(27,28)25-11-13-30-14-12-25/h3-4,6-9,15H,5,10-14,16H2,1-2H3. The predicted molar refractivity (Wildman–Crippen MR) is 119 cm³/mol. The average Bonchev–Trinajstić information content (AvgIpc) is 2.79. The van der Waals surface area contributed by atoms with Crippen LogP contribution in [0.2, 0.25) is 5.02 Å². The summed E-state index contributed by atoms with van der Waals surface area (Å²) in [7, 11) is -0.342. The highest BCUT2D eigenvalue weighted by Gasteiger charge is 2.27. The number of hydrogen-bond donors (Lipinski definition) is 0. The second kappa shape index (κ2) is 10.5. The maximum atomic E-state index is 13.0. The third-order valence-corrected chi connectivity index (χ3v) is 7.37. The van der Waals surface area contributed by atoms with Crippen LogP contribution >= 0.6 is 11.6 Å². The summed E-state index contributed by atoms with van der Waals surface area (Å²) in [5.74, 6) is 0.521. The highest BCUT2D eigenvalue weighted by atomic mass is 35.5. The van der Waals surface area contributed by atoms with Crippen molar-refractivity contribution in [1.82, 2.24) is 9.21 Å². The molecule has 0 unspecified atom stereocenters. The van der Waals surface area contributed by atoms with Crippen LogP contribution in [0.1, 0.15) is 17.5 Å². The molecule has 0 aliphatic carbocycles. The average molecular weight is 467 g/mol. The molecule has 0 atom stereocenters. The minimum Gasteiger partial charge on any atom is -0.496 e. The van der Waals surface area contributed by atoms with Crippen LogP contribution in [0.15, 0.2) is 47.4 Å². The van der Waals surface area contributed by atoms with Crippen LogP contribution in [-0.2, 0) is 32.5 Å². The van der Waals surface area contributed by atoms with Gasteiger partial charge in [-0.1, -0.05) is 23.7 Å². The Hall–Kier alpha value is -2.13. The van der Waals surface area contributed by atoms with Crippen molar-refractivity contribution in [3.05, 3.63) is 58.6 Å². The molecule has 1 saturated heterocycles. The molecule has 0 aromatic heterocycles. The number of rotatable bonds is 8. The van der Waals surface area contributed by atoms with E-state index in [-0.39, 0.29) is 17.2 Å². The number of benzene rings is 2. The Kier molecular flexibility index (Phi) is 7.94. The van der Waals surface area contributed by atoms with Crippen molar-refractivity contribution in [3.63, 3.8) is 0 Å². The predicted octanol–water partition coefficient (Wildman–Crippen LogP) is 2.96. The van der Waals surface area contributed by atoms with Gasteiger partial charge in [0, 0.05) is 38.1 Å². The molecule has 31 heavy (non-hydrogen) atoms. The number of amides is 1. The van der Waals surface area contributed by atoms with Crippen molar-refractivity contribution in [2.75, 3.05) is 40.5 Å². The molecule has 3 rings (SSSR count). The van der Waals surface area contributed by atoms with Gasteiger partial charge < -0.3 is 14.4 Å². The van der Waals surface area contributed by atoms with Crippen molar-refractivity contribution in [2.45, 2.75) is 24.3 Å². The molecular formula is C22H27ClN2O5S. The van der Waals surface area contributed by atoms with Crippen molar-refractivity contribution >= 4 is 27.5 Å². The summed E-state index contributed by atoms with van der Waals surface area (Å²) >= 11 is 5.91. The lowest BCUT2D eigenvalue weighted by molar-refractivity contribution is -0.130.